The van der Waals surface area contributed by atoms with Crippen molar-refractivity contribution in [3.63, 3.8) is 0 Å². The van der Waals surface area contributed by atoms with Gasteiger partial charge in [0.05, 0.1) is 6.26 Å². The largest absolute Gasteiger partial charge is 0.508 e. The van der Waals surface area contributed by atoms with Gasteiger partial charge in [-0.3, -0.25) is 0 Å². The van der Waals surface area contributed by atoms with Gasteiger partial charge in [0.1, 0.15) is 5.75 Å². The Morgan fingerprint density at radius 3 is 1.48 bits per heavy atom. The van der Waals surface area contributed by atoms with Crippen LogP contribution >= 0.6 is 10.3 Å². The molecule has 0 aliphatic rings. The maximum atomic E-state index is 12.2. The number of aromatic hydroxyl groups is 1. The van der Waals surface area contributed by atoms with E-state index in [9.17, 15) is 13.5 Å². The highest BCUT2D eigenvalue weighted by Crippen LogP contribution is 2.69. The Hall–Kier alpha value is -2.28. The zero-order valence-electron chi connectivity index (χ0n) is 13.6. The molecule has 3 aromatic rings. The molecule has 6 heteroatoms. The van der Waals surface area contributed by atoms with Crippen molar-refractivity contribution in [3.8, 4) is 5.75 Å². The number of phenolic OH excluding ortho intramolecular Hbond substituents is 1. The molecule has 0 fully saturated rings. The summed E-state index contributed by atoms with van der Waals surface area (Å²) in [4.78, 5) is 2.21. The van der Waals surface area contributed by atoms with Gasteiger partial charge < -0.3 is 5.11 Å². The monoisotopic (exact) mass is 374 g/mol. The molecule has 130 valence electrons. The van der Waals surface area contributed by atoms with Crippen LogP contribution in [0, 0.1) is 0 Å². The molecule has 25 heavy (non-hydrogen) atoms. The van der Waals surface area contributed by atoms with Crippen molar-refractivity contribution in [2.75, 3.05) is 6.26 Å². The quantitative estimate of drug-likeness (QED) is 0.711. The fourth-order valence-electron chi connectivity index (χ4n) is 2.57. The summed E-state index contributed by atoms with van der Waals surface area (Å²) in [6, 6.07) is 25.1. The Kier molecular flexibility index (Phi) is 4.85. The van der Waals surface area contributed by atoms with Gasteiger partial charge in [0.2, 0.25) is 0 Å². The van der Waals surface area contributed by atoms with E-state index in [0.717, 1.165) is 16.0 Å². The first-order valence-corrected chi connectivity index (χ1v) is 10.9. The minimum atomic E-state index is -3.76. The third kappa shape index (κ3) is 3.71. The molecule has 0 spiro atoms. The number of hydrogen-bond acceptors (Lipinski definition) is 4. The molecule has 0 radical (unpaired) electrons. The first-order valence-electron chi connectivity index (χ1n) is 7.55. The lowest BCUT2D eigenvalue weighted by Gasteiger charge is -2.39. The molecule has 3 rings (SSSR count). The van der Waals surface area contributed by atoms with Crippen molar-refractivity contribution in [2.45, 2.75) is 14.7 Å². The summed E-state index contributed by atoms with van der Waals surface area (Å²) < 4.78 is 30.2. The van der Waals surface area contributed by atoms with Crippen molar-refractivity contribution in [3.05, 3.63) is 84.9 Å². The topological polar surface area (TPSA) is 63.6 Å². The zero-order valence-corrected chi connectivity index (χ0v) is 15.2. The molecule has 0 amide bonds. The Morgan fingerprint density at radius 2 is 1.08 bits per heavy atom. The fourth-order valence-corrected chi connectivity index (χ4v) is 7.42. The maximum absolute atomic E-state index is 12.2. The van der Waals surface area contributed by atoms with E-state index in [0.29, 0.717) is 4.90 Å². The second kappa shape index (κ2) is 6.92. The SMILES string of the molecule is CS(=O)(=O)OS(c1ccccc1)(c1ccccc1)c1ccc(O)cc1. The van der Waals surface area contributed by atoms with Gasteiger partial charge in [0.25, 0.3) is 10.1 Å². The Morgan fingerprint density at radius 1 is 0.680 bits per heavy atom. The molecule has 4 nitrogen and oxygen atoms in total. The molecular weight excluding hydrogens is 356 g/mol. The lowest BCUT2D eigenvalue weighted by Crippen LogP contribution is -2.12. The lowest BCUT2D eigenvalue weighted by molar-refractivity contribution is 0.475. The van der Waals surface area contributed by atoms with E-state index in [2.05, 4.69) is 0 Å². The average molecular weight is 374 g/mol. The van der Waals surface area contributed by atoms with Crippen molar-refractivity contribution in [2.24, 2.45) is 0 Å². The Balaban J connectivity index is 2.37. The third-order valence-electron chi connectivity index (χ3n) is 3.54. The van der Waals surface area contributed by atoms with E-state index in [4.69, 9.17) is 3.63 Å². The van der Waals surface area contributed by atoms with Gasteiger partial charge in [0.15, 0.2) is 0 Å². The van der Waals surface area contributed by atoms with Crippen LogP contribution in [-0.2, 0) is 13.7 Å². The molecule has 0 aromatic heterocycles. The van der Waals surface area contributed by atoms with Gasteiger partial charge in [0, 0.05) is 14.7 Å². The fraction of sp³-hybridized carbons (Fsp3) is 0.0526. The van der Waals surface area contributed by atoms with Gasteiger partial charge in [-0.05, 0) is 58.8 Å². The van der Waals surface area contributed by atoms with Crippen molar-refractivity contribution < 1.29 is 17.2 Å². The van der Waals surface area contributed by atoms with Crippen molar-refractivity contribution in [1.29, 1.82) is 0 Å². The van der Waals surface area contributed by atoms with Gasteiger partial charge in [-0.25, -0.2) is 3.63 Å². The van der Waals surface area contributed by atoms with Crippen LogP contribution in [0.5, 0.6) is 5.75 Å². The van der Waals surface area contributed by atoms with Crippen molar-refractivity contribution >= 4 is 20.4 Å². The lowest BCUT2D eigenvalue weighted by atomic mass is 10.3. The number of hydrogen-bond donors (Lipinski definition) is 1. The molecule has 0 heterocycles. The first-order chi connectivity index (χ1) is 11.9. The molecule has 0 saturated heterocycles. The second-order valence-electron chi connectivity index (χ2n) is 5.45. The molecule has 0 aliphatic heterocycles. The van der Waals surface area contributed by atoms with Crippen LogP contribution in [0.25, 0.3) is 0 Å². The van der Waals surface area contributed by atoms with E-state index in [1.807, 2.05) is 60.7 Å². The summed E-state index contributed by atoms with van der Waals surface area (Å²) >= 11 is 0. The standard InChI is InChI=1S/C19H18O4S2/c1-24(21,22)23-25(17-8-4-2-5-9-17,18-10-6-3-7-11-18)19-14-12-16(20)13-15-19/h2-15,20H,1H3. The molecule has 0 saturated carbocycles. The summed E-state index contributed by atoms with van der Waals surface area (Å²) in [5.74, 6) is 0.109. The van der Waals surface area contributed by atoms with Crippen LogP contribution in [0.2, 0.25) is 0 Å². The van der Waals surface area contributed by atoms with Gasteiger partial charge in [-0.2, -0.15) is 8.42 Å². The minimum absolute atomic E-state index is 0.109. The predicted molar refractivity (Wildman–Crippen MR) is 99.3 cm³/mol. The summed E-state index contributed by atoms with van der Waals surface area (Å²) in [6.07, 6.45) is 1.06. The first kappa shape index (κ1) is 17.5. The van der Waals surface area contributed by atoms with Crippen molar-refractivity contribution in [1.82, 2.24) is 0 Å². The van der Waals surface area contributed by atoms with E-state index < -0.39 is 20.4 Å². The Bertz CT molecular complexity index is 898. The zero-order chi connectivity index (χ0) is 17.9. The smallest absolute Gasteiger partial charge is 0.274 e. The molecule has 0 atom stereocenters. The van der Waals surface area contributed by atoms with Crippen LogP contribution in [0.4, 0.5) is 0 Å². The second-order valence-corrected chi connectivity index (χ2v) is 9.93. The summed E-state index contributed by atoms with van der Waals surface area (Å²) in [7, 11) is -6.27. The van der Waals surface area contributed by atoms with Gasteiger partial charge in [-0.15, -0.1) is 0 Å². The van der Waals surface area contributed by atoms with E-state index in [1.165, 1.54) is 12.1 Å². The minimum Gasteiger partial charge on any atom is -0.508 e. The highest BCUT2D eigenvalue weighted by atomic mass is 32.3. The van der Waals surface area contributed by atoms with E-state index in [1.54, 1.807) is 12.1 Å². The highest BCUT2D eigenvalue weighted by Gasteiger charge is 2.36. The van der Waals surface area contributed by atoms with Crippen LogP contribution < -0.4 is 0 Å². The van der Waals surface area contributed by atoms with E-state index >= 15 is 0 Å². The molecule has 1 N–H and O–H groups in total. The molecule has 0 aliphatic carbocycles. The van der Waals surface area contributed by atoms with Crippen LogP contribution in [0.15, 0.2) is 99.6 Å². The normalized spacial score (nSPS) is 12.7. The molecule has 0 bridgehead atoms. The maximum Gasteiger partial charge on any atom is 0.274 e. The number of rotatable bonds is 5. The Labute approximate surface area is 149 Å². The van der Waals surface area contributed by atoms with Crippen LogP contribution in [0.3, 0.4) is 0 Å². The molecule has 0 unspecified atom stereocenters. The summed E-state index contributed by atoms with van der Waals surface area (Å²) in [5.41, 5.74) is 0. The average Bonchev–Trinajstić information content (AvgIpc) is 2.61. The van der Waals surface area contributed by atoms with Gasteiger partial charge in [-0.1, -0.05) is 36.4 Å². The highest BCUT2D eigenvalue weighted by molar-refractivity contribution is 8.33. The number of benzene rings is 3. The number of phenols is 1. The van der Waals surface area contributed by atoms with Crippen LogP contribution in [0.1, 0.15) is 0 Å². The molecular formula is C19H18O4S2. The summed E-state index contributed by atoms with van der Waals surface area (Å²) in [5, 5.41) is 9.65. The molecule has 3 aromatic carbocycles. The van der Waals surface area contributed by atoms with Gasteiger partial charge >= 0.3 is 0 Å². The van der Waals surface area contributed by atoms with Crippen LogP contribution in [-0.4, -0.2) is 19.8 Å². The van der Waals surface area contributed by atoms with E-state index in [-0.39, 0.29) is 5.75 Å². The third-order valence-corrected chi connectivity index (χ3v) is 8.16. The predicted octanol–water partition coefficient (Wildman–Crippen LogP) is 4.57. The summed E-state index contributed by atoms with van der Waals surface area (Å²) in [6.45, 7) is 0.